The molecule has 94 valence electrons. The average Bonchev–Trinajstić information content (AvgIpc) is 2.46. The van der Waals surface area contributed by atoms with E-state index < -0.39 is 0 Å². The monoisotopic (exact) mass is 240 g/mol. The number of pyridine rings is 1. The summed E-state index contributed by atoms with van der Waals surface area (Å²) in [6, 6.07) is 14.8. The van der Waals surface area contributed by atoms with Crippen molar-refractivity contribution in [3.8, 4) is 0 Å². The van der Waals surface area contributed by atoms with Gasteiger partial charge in [0.05, 0.1) is 0 Å². The molecule has 2 N–H and O–H groups in total. The minimum Gasteiger partial charge on any atom is -0.330 e. The number of rotatable bonds is 5. The molecule has 0 aliphatic carbocycles. The maximum absolute atomic E-state index is 5.90. The third-order valence-corrected chi connectivity index (χ3v) is 3.33. The van der Waals surface area contributed by atoms with Gasteiger partial charge in [0, 0.05) is 17.8 Å². The number of aryl methyl sites for hydroxylation is 1. The van der Waals surface area contributed by atoms with Crippen LogP contribution in [0, 0.1) is 0 Å². The zero-order valence-corrected chi connectivity index (χ0v) is 10.8. The lowest BCUT2D eigenvalue weighted by atomic mass is 9.93. The summed E-state index contributed by atoms with van der Waals surface area (Å²) in [6.07, 6.45) is 3.82. The van der Waals surface area contributed by atoms with Crippen molar-refractivity contribution in [1.29, 1.82) is 0 Å². The Kier molecular flexibility index (Phi) is 4.48. The van der Waals surface area contributed by atoms with Crippen molar-refractivity contribution in [2.45, 2.75) is 25.7 Å². The van der Waals surface area contributed by atoms with Crippen molar-refractivity contribution < 1.29 is 0 Å². The molecule has 0 aliphatic rings. The molecule has 0 amide bonds. The number of nitrogens with zero attached hydrogens (tertiary/aromatic N) is 1. The van der Waals surface area contributed by atoms with E-state index >= 15 is 0 Å². The van der Waals surface area contributed by atoms with Crippen LogP contribution in [0.15, 0.2) is 48.7 Å². The van der Waals surface area contributed by atoms with Gasteiger partial charge in [0.25, 0.3) is 0 Å². The van der Waals surface area contributed by atoms with E-state index in [4.69, 9.17) is 5.73 Å². The highest BCUT2D eigenvalue weighted by atomic mass is 14.7. The largest absolute Gasteiger partial charge is 0.330 e. The van der Waals surface area contributed by atoms with Crippen LogP contribution in [0.5, 0.6) is 0 Å². The highest BCUT2D eigenvalue weighted by molar-refractivity contribution is 5.27. The van der Waals surface area contributed by atoms with Crippen molar-refractivity contribution >= 4 is 0 Å². The Morgan fingerprint density at radius 2 is 1.89 bits per heavy atom. The molecule has 1 aromatic heterocycles. The summed E-state index contributed by atoms with van der Waals surface area (Å²) in [7, 11) is 0. The topological polar surface area (TPSA) is 38.9 Å². The van der Waals surface area contributed by atoms with Crippen LogP contribution in [0.1, 0.15) is 29.7 Å². The van der Waals surface area contributed by atoms with Gasteiger partial charge in [-0.2, -0.15) is 0 Å². The Morgan fingerprint density at radius 3 is 2.44 bits per heavy atom. The van der Waals surface area contributed by atoms with Gasteiger partial charge >= 0.3 is 0 Å². The summed E-state index contributed by atoms with van der Waals surface area (Å²) < 4.78 is 0. The standard InChI is InChI=1S/C16H20N2/c1-2-13-6-8-14(9-7-13)15(12-17)11-16-5-3-4-10-18-16/h3-10,15H,2,11-12,17H2,1H3. The third kappa shape index (κ3) is 3.17. The molecule has 2 heteroatoms. The quantitative estimate of drug-likeness (QED) is 0.872. The average molecular weight is 240 g/mol. The lowest BCUT2D eigenvalue weighted by Gasteiger charge is -2.15. The van der Waals surface area contributed by atoms with Gasteiger partial charge in [-0.15, -0.1) is 0 Å². The van der Waals surface area contributed by atoms with E-state index in [2.05, 4.69) is 42.2 Å². The van der Waals surface area contributed by atoms with E-state index in [9.17, 15) is 0 Å². The Labute approximate surface area is 109 Å². The van der Waals surface area contributed by atoms with Gasteiger partial charge in [-0.1, -0.05) is 37.3 Å². The maximum Gasteiger partial charge on any atom is 0.0410 e. The first-order valence-corrected chi connectivity index (χ1v) is 6.52. The van der Waals surface area contributed by atoms with Crippen LogP contribution in [0.4, 0.5) is 0 Å². The molecule has 1 atom stereocenters. The van der Waals surface area contributed by atoms with Crippen LogP contribution in [0.3, 0.4) is 0 Å². The molecule has 2 aromatic rings. The number of aromatic nitrogens is 1. The molecule has 0 spiro atoms. The van der Waals surface area contributed by atoms with Crippen molar-refractivity contribution in [3.63, 3.8) is 0 Å². The second-order valence-corrected chi connectivity index (χ2v) is 4.55. The summed E-state index contributed by atoms with van der Waals surface area (Å²) in [6.45, 7) is 2.82. The van der Waals surface area contributed by atoms with Gasteiger partial charge in [0.1, 0.15) is 0 Å². The maximum atomic E-state index is 5.90. The summed E-state index contributed by atoms with van der Waals surface area (Å²) >= 11 is 0. The third-order valence-electron chi connectivity index (χ3n) is 3.33. The lowest BCUT2D eigenvalue weighted by Crippen LogP contribution is -2.15. The fourth-order valence-electron chi connectivity index (χ4n) is 2.13. The Bertz CT molecular complexity index is 462. The minimum absolute atomic E-state index is 0.353. The number of hydrogen-bond donors (Lipinski definition) is 1. The van der Waals surface area contributed by atoms with E-state index in [0.717, 1.165) is 18.5 Å². The van der Waals surface area contributed by atoms with Crippen molar-refractivity contribution in [2.24, 2.45) is 5.73 Å². The minimum atomic E-state index is 0.353. The van der Waals surface area contributed by atoms with Crippen molar-refractivity contribution in [3.05, 3.63) is 65.5 Å². The van der Waals surface area contributed by atoms with E-state index in [1.807, 2.05) is 18.3 Å². The summed E-state index contributed by atoms with van der Waals surface area (Å²) in [4.78, 5) is 4.37. The molecular weight excluding hydrogens is 220 g/mol. The van der Waals surface area contributed by atoms with Crippen LogP contribution in [-0.4, -0.2) is 11.5 Å². The number of benzene rings is 1. The molecule has 1 unspecified atom stereocenters. The van der Waals surface area contributed by atoms with E-state index in [1.165, 1.54) is 11.1 Å². The Balaban J connectivity index is 2.12. The van der Waals surface area contributed by atoms with E-state index in [-0.39, 0.29) is 0 Å². The molecular formula is C16H20N2. The van der Waals surface area contributed by atoms with Crippen LogP contribution in [0.25, 0.3) is 0 Å². The SMILES string of the molecule is CCc1ccc(C(CN)Cc2ccccn2)cc1. The predicted molar refractivity (Wildman–Crippen MR) is 75.6 cm³/mol. The molecule has 0 aliphatic heterocycles. The van der Waals surface area contributed by atoms with Gasteiger partial charge in [-0.25, -0.2) is 0 Å². The van der Waals surface area contributed by atoms with Gasteiger partial charge in [0.2, 0.25) is 0 Å². The van der Waals surface area contributed by atoms with Crippen LogP contribution < -0.4 is 5.73 Å². The number of nitrogens with two attached hydrogens (primary N) is 1. The first-order valence-electron chi connectivity index (χ1n) is 6.52. The fraction of sp³-hybridized carbons (Fsp3) is 0.312. The fourth-order valence-corrected chi connectivity index (χ4v) is 2.13. The van der Waals surface area contributed by atoms with Gasteiger partial charge in [-0.05, 0) is 42.6 Å². The first-order chi connectivity index (χ1) is 8.83. The predicted octanol–water partition coefficient (Wildman–Crippen LogP) is 2.93. The zero-order valence-electron chi connectivity index (χ0n) is 10.8. The van der Waals surface area contributed by atoms with Gasteiger partial charge in [0.15, 0.2) is 0 Å². The molecule has 0 fully saturated rings. The normalized spacial score (nSPS) is 12.3. The molecule has 0 saturated carbocycles. The van der Waals surface area contributed by atoms with Crippen molar-refractivity contribution in [2.75, 3.05) is 6.54 Å². The molecule has 2 nitrogen and oxygen atoms in total. The zero-order chi connectivity index (χ0) is 12.8. The second-order valence-electron chi connectivity index (χ2n) is 4.55. The summed E-state index contributed by atoms with van der Waals surface area (Å²) in [5.74, 6) is 0.353. The highest BCUT2D eigenvalue weighted by Crippen LogP contribution is 2.19. The van der Waals surface area contributed by atoms with Gasteiger partial charge in [-0.3, -0.25) is 4.98 Å². The molecule has 2 rings (SSSR count). The number of hydrogen-bond acceptors (Lipinski definition) is 2. The van der Waals surface area contributed by atoms with Crippen LogP contribution >= 0.6 is 0 Å². The van der Waals surface area contributed by atoms with Crippen LogP contribution in [0.2, 0.25) is 0 Å². The van der Waals surface area contributed by atoms with Crippen molar-refractivity contribution in [1.82, 2.24) is 4.98 Å². The molecule has 0 saturated heterocycles. The Hall–Kier alpha value is -1.67. The molecule has 18 heavy (non-hydrogen) atoms. The molecule has 0 bridgehead atoms. The lowest BCUT2D eigenvalue weighted by molar-refractivity contribution is 0.681. The smallest absolute Gasteiger partial charge is 0.0410 e. The molecule has 1 heterocycles. The van der Waals surface area contributed by atoms with Gasteiger partial charge < -0.3 is 5.73 Å². The highest BCUT2D eigenvalue weighted by Gasteiger charge is 2.11. The molecule has 0 radical (unpaired) electrons. The van der Waals surface area contributed by atoms with Crippen LogP contribution in [-0.2, 0) is 12.8 Å². The first kappa shape index (κ1) is 12.8. The summed E-state index contributed by atoms with van der Waals surface area (Å²) in [5.41, 5.74) is 9.67. The second kappa shape index (κ2) is 6.31. The Morgan fingerprint density at radius 1 is 1.11 bits per heavy atom. The summed E-state index contributed by atoms with van der Waals surface area (Å²) in [5, 5.41) is 0. The molecule has 1 aromatic carbocycles. The van der Waals surface area contributed by atoms with E-state index in [1.54, 1.807) is 0 Å². The van der Waals surface area contributed by atoms with E-state index in [0.29, 0.717) is 12.5 Å².